The second-order valence-corrected chi connectivity index (χ2v) is 3.41. The second kappa shape index (κ2) is 3.74. The van der Waals surface area contributed by atoms with Crippen molar-refractivity contribution in [3.63, 3.8) is 0 Å². The molecule has 1 aromatic heterocycles. The van der Waals surface area contributed by atoms with E-state index in [0.29, 0.717) is 16.2 Å². The van der Waals surface area contributed by atoms with Crippen LogP contribution in [0.5, 0.6) is 0 Å². The van der Waals surface area contributed by atoms with E-state index in [0.717, 1.165) is 5.39 Å². The molecule has 0 aliphatic carbocycles. The molecule has 0 radical (unpaired) electrons. The normalized spacial score (nSPS) is 10.2. The highest BCUT2D eigenvalue weighted by Crippen LogP contribution is 2.29. The fourth-order valence-corrected chi connectivity index (χ4v) is 1.57. The summed E-state index contributed by atoms with van der Waals surface area (Å²) in [6.07, 6.45) is 1.67. The Morgan fingerprint density at radius 3 is 2.80 bits per heavy atom. The zero-order valence-electron chi connectivity index (χ0n) is 7.81. The smallest absolute Gasteiger partial charge is 0.191 e. The summed E-state index contributed by atoms with van der Waals surface area (Å²) in [6.45, 7) is 0. The van der Waals surface area contributed by atoms with Crippen molar-refractivity contribution < 1.29 is 0 Å². The van der Waals surface area contributed by atoms with Gasteiger partial charge in [-0.05, 0) is 24.3 Å². The molecular formula is C10H9ClN4. The molecule has 1 aromatic carbocycles. The van der Waals surface area contributed by atoms with Crippen LogP contribution in [0.15, 0.2) is 35.5 Å². The summed E-state index contributed by atoms with van der Waals surface area (Å²) in [6, 6.07) is 7.16. The minimum atomic E-state index is 0.0162. The standard InChI is InChI=1S/C10H9ClN4/c11-7-3-4-8(15-10(12)13)6-2-1-5-14-9(6)7/h1-5H,(H4,12,13,15). The molecule has 0 saturated heterocycles. The number of fused-ring (bicyclic) bond motifs is 1. The van der Waals surface area contributed by atoms with Crippen molar-refractivity contribution >= 4 is 34.2 Å². The maximum Gasteiger partial charge on any atom is 0.191 e. The van der Waals surface area contributed by atoms with E-state index >= 15 is 0 Å². The molecule has 0 aliphatic heterocycles. The van der Waals surface area contributed by atoms with Crippen LogP contribution in [-0.2, 0) is 0 Å². The molecule has 5 heteroatoms. The molecule has 0 saturated carbocycles. The quantitative estimate of drug-likeness (QED) is 0.568. The van der Waals surface area contributed by atoms with Crippen molar-refractivity contribution in [2.75, 3.05) is 0 Å². The number of guanidine groups is 1. The molecule has 2 rings (SSSR count). The van der Waals surface area contributed by atoms with Crippen molar-refractivity contribution in [1.82, 2.24) is 4.98 Å². The van der Waals surface area contributed by atoms with Crippen molar-refractivity contribution in [3.05, 3.63) is 35.5 Å². The van der Waals surface area contributed by atoms with Crippen LogP contribution >= 0.6 is 11.6 Å². The van der Waals surface area contributed by atoms with Gasteiger partial charge in [0.05, 0.1) is 16.2 Å². The first kappa shape index (κ1) is 9.73. The van der Waals surface area contributed by atoms with Gasteiger partial charge in [0, 0.05) is 11.6 Å². The molecule has 15 heavy (non-hydrogen) atoms. The van der Waals surface area contributed by atoms with Crippen molar-refractivity contribution in [3.8, 4) is 0 Å². The molecule has 2 aromatic rings. The lowest BCUT2D eigenvalue weighted by molar-refractivity contribution is 1.39. The molecule has 0 aliphatic rings. The fraction of sp³-hybridized carbons (Fsp3) is 0. The van der Waals surface area contributed by atoms with Gasteiger partial charge in [0.15, 0.2) is 5.96 Å². The van der Waals surface area contributed by atoms with E-state index in [4.69, 9.17) is 23.1 Å². The number of rotatable bonds is 1. The third kappa shape index (κ3) is 1.85. The Balaban J connectivity index is 2.77. The average molecular weight is 221 g/mol. The lowest BCUT2D eigenvalue weighted by Crippen LogP contribution is -2.21. The van der Waals surface area contributed by atoms with Crippen LogP contribution in [0.1, 0.15) is 0 Å². The molecule has 0 bridgehead atoms. The summed E-state index contributed by atoms with van der Waals surface area (Å²) in [5, 5.41) is 1.42. The fourth-order valence-electron chi connectivity index (χ4n) is 1.36. The first-order valence-electron chi connectivity index (χ1n) is 4.31. The van der Waals surface area contributed by atoms with Crippen molar-refractivity contribution in [1.29, 1.82) is 0 Å². The maximum absolute atomic E-state index is 5.99. The van der Waals surface area contributed by atoms with E-state index < -0.39 is 0 Å². The molecule has 0 fully saturated rings. The first-order chi connectivity index (χ1) is 7.18. The van der Waals surface area contributed by atoms with Gasteiger partial charge in [-0.1, -0.05) is 11.6 Å². The number of nitrogens with two attached hydrogens (primary N) is 2. The predicted octanol–water partition coefficient (Wildman–Crippen LogP) is 1.79. The Morgan fingerprint density at radius 1 is 1.27 bits per heavy atom. The van der Waals surface area contributed by atoms with Crippen LogP contribution in [0.4, 0.5) is 5.69 Å². The third-order valence-electron chi connectivity index (χ3n) is 1.95. The molecular weight excluding hydrogens is 212 g/mol. The summed E-state index contributed by atoms with van der Waals surface area (Å²) in [7, 11) is 0. The topological polar surface area (TPSA) is 77.3 Å². The predicted molar refractivity (Wildman–Crippen MR) is 62.2 cm³/mol. The van der Waals surface area contributed by atoms with Gasteiger partial charge in [0.1, 0.15) is 0 Å². The Bertz CT molecular complexity index is 532. The van der Waals surface area contributed by atoms with Gasteiger partial charge in [-0.2, -0.15) is 0 Å². The van der Waals surface area contributed by atoms with Crippen LogP contribution in [0.25, 0.3) is 10.9 Å². The Labute approximate surface area is 91.6 Å². The zero-order valence-corrected chi connectivity index (χ0v) is 8.57. The van der Waals surface area contributed by atoms with Gasteiger partial charge in [-0.15, -0.1) is 0 Å². The van der Waals surface area contributed by atoms with Crippen LogP contribution in [0.3, 0.4) is 0 Å². The van der Waals surface area contributed by atoms with Crippen molar-refractivity contribution in [2.45, 2.75) is 0 Å². The van der Waals surface area contributed by atoms with Crippen LogP contribution < -0.4 is 11.5 Å². The first-order valence-corrected chi connectivity index (χ1v) is 4.69. The number of pyridine rings is 1. The van der Waals surface area contributed by atoms with Gasteiger partial charge in [-0.3, -0.25) is 4.98 Å². The van der Waals surface area contributed by atoms with Crippen LogP contribution in [0.2, 0.25) is 5.02 Å². The molecule has 4 N–H and O–H groups in total. The van der Waals surface area contributed by atoms with E-state index in [9.17, 15) is 0 Å². The highest BCUT2D eigenvalue weighted by atomic mass is 35.5. The van der Waals surface area contributed by atoms with E-state index in [1.807, 2.05) is 12.1 Å². The van der Waals surface area contributed by atoms with Gasteiger partial charge in [0.2, 0.25) is 0 Å². The van der Waals surface area contributed by atoms with E-state index in [-0.39, 0.29) is 5.96 Å². The maximum atomic E-state index is 5.99. The van der Waals surface area contributed by atoms with Gasteiger partial charge < -0.3 is 11.5 Å². The molecule has 0 unspecified atom stereocenters. The summed E-state index contributed by atoms with van der Waals surface area (Å²) >= 11 is 5.99. The summed E-state index contributed by atoms with van der Waals surface area (Å²) in [4.78, 5) is 8.17. The number of nitrogens with zero attached hydrogens (tertiary/aromatic N) is 2. The number of hydrogen-bond acceptors (Lipinski definition) is 2. The lowest BCUT2D eigenvalue weighted by atomic mass is 10.2. The van der Waals surface area contributed by atoms with Crippen molar-refractivity contribution in [2.24, 2.45) is 16.5 Å². The average Bonchev–Trinajstić information content (AvgIpc) is 2.22. The Kier molecular flexibility index (Phi) is 2.43. The van der Waals surface area contributed by atoms with E-state index in [1.165, 1.54) is 0 Å². The number of halogens is 1. The summed E-state index contributed by atoms with van der Waals surface area (Å²) in [5.74, 6) is 0.0162. The molecule has 0 atom stereocenters. The summed E-state index contributed by atoms with van der Waals surface area (Å²) < 4.78 is 0. The largest absolute Gasteiger partial charge is 0.370 e. The highest BCUT2D eigenvalue weighted by Gasteiger charge is 2.04. The Hall–Kier alpha value is -1.81. The number of benzene rings is 1. The molecule has 1 heterocycles. The number of hydrogen-bond donors (Lipinski definition) is 2. The van der Waals surface area contributed by atoms with Crippen LogP contribution in [0, 0.1) is 0 Å². The number of aliphatic imine (C=N–C) groups is 1. The zero-order chi connectivity index (χ0) is 10.8. The molecule has 0 amide bonds. The Morgan fingerprint density at radius 2 is 2.07 bits per heavy atom. The molecule has 4 nitrogen and oxygen atoms in total. The summed E-state index contributed by atoms with van der Waals surface area (Å²) in [5.41, 5.74) is 12.0. The highest BCUT2D eigenvalue weighted by molar-refractivity contribution is 6.35. The van der Waals surface area contributed by atoms with E-state index in [2.05, 4.69) is 9.98 Å². The van der Waals surface area contributed by atoms with Gasteiger partial charge in [0.25, 0.3) is 0 Å². The van der Waals surface area contributed by atoms with Crippen LogP contribution in [-0.4, -0.2) is 10.9 Å². The van der Waals surface area contributed by atoms with Gasteiger partial charge >= 0.3 is 0 Å². The SMILES string of the molecule is NC(N)=Nc1ccc(Cl)c2ncccc12. The monoisotopic (exact) mass is 220 g/mol. The molecule has 0 spiro atoms. The van der Waals surface area contributed by atoms with E-state index in [1.54, 1.807) is 18.3 Å². The van der Waals surface area contributed by atoms with Gasteiger partial charge in [-0.25, -0.2) is 4.99 Å². The lowest BCUT2D eigenvalue weighted by Gasteiger charge is -2.02. The third-order valence-corrected chi connectivity index (χ3v) is 2.25. The minimum Gasteiger partial charge on any atom is -0.370 e. The number of aromatic nitrogens is 1. The second-order valence-electron chi connectivity index (χ2n) is 3.00. The minimum absolute atomic E-state index is 0.0162. The molecule has 76 valence electrons.